The van der Waals surface area contributed by atoms with E-state index in [1.807, 2.05) is 19.9 Å². The summed E-state index contributed by atoms with van der Waals surface area (Å²) in [6.07, 6.45) is 7.86. The SMILES string of the molecule is CC1(C)CC(=O)N(CCCCN2CCN(c3ncccn3)CC2)C(=O)C1.COC1=CC(=O)C[C@@H](C)[C@]12Oc1c(Cl)c(OC)cc(OC)c1C2=O. The van der Waals surface area contributed by atoms with Gasteiger partial charge >= 0.3 is 0 Å². The van der Waals surface area contributed by atoms with Crippen LogP contribution in [0.15, 0.2) is 36.4 Å². The Kier molecular flexibility index (Phi) is 11.4. The fourth-order valence-corrected chi connectivity index (χ4v) is 7.26. The smallest absolute Gasteiger partial charge is 0.231 e. The van der Waals surface area contributed by atoms with Gasteiger partial charge in [-0.25, -0.2) is 9.97 Å². The number of fused-ring (bicyclic) bond motifs is 1. The number of rotatable bonds is 9. The van der Waals surface area contributed by atoms with Gasteiger partial charge in [-0.3, -0.25) is 29.0 Å². The number of amides is 2. The number of hydrogen-bond donors (Lipinski definition) is 0. The van der Waals surface area contributed by atoms with Gasteiger partial charge in [-0.2, -0.15) is 0 Å². The number of ketones is 2. The standard InChI is InChI=1S/C19H29N5O2.C17H17ClO6/c1-19(2)14-16(25)24(17(26)15-19)9-4-3-8-22-10-12-23(13-11-22)18-20-6-5-7-21-18;1-8-5-9(19)6-12(23-4)17(8)16(20)13-10(21-2)7-11(22-3)14(18)15(13)24-17/h5-7H,3-4,8-15H2,1-2H3;6-8H,5H2,1-4H3/t;8-,17+/m.1/s1. The average molecular weight is 712 g/mol. The van der Waals surface area contributed by atoms with E-state index >= 15 is 0 Å². The number of piperazine rings is 1. The summed E-state index contributed by atoms with van der Waals surface area (Å²) < 4.78 is 21.9. The number of methoxy groups -OCH3 is 3. The number of halogens is 1. The van der Waals surface area contributed by atoms with Crippen LogP contribution in [0.2, 0.25) is 5.02 Å². The van der Waals surface area contributed by atoms with Crippen molar-refractivity contribution in [2.75, 3.05) is 65.5 Å². The zero-order valence-electron chi connectivity index (χ0n) is 29.6. The summed E-state index contributed by atoms with van der Waals surface area (Å²) in [5.74, 6) is 0.887. The number of unbranched alkanes of at least 4 members (excludes halogenated alkanes) is 1. The molecule has 270 valence electrons. The molecule has 0 bridgehead atoms. The normalized spacial score (nSPS) is 23.2. The van der Waals surface area contributed by atoms with Crippen LogP contribution in [0.3, 0.4) is 0 Å². The first-order valence-electron chi connectivity index (χ1n) is 16.9. The number of carbonyl (C=O) groups is 4. The molecule has 2 atom stereocenters. The zero-order valence-corrected chi connectivity index (χ0v) is 30.4. The molecular formula is C36H46ClN5O8. The molecule has 1 aliphatic carbocycles. The molecule has 2 fully saturated rings. The lowest BCUT2D eigenvalue weighted by Crippen LogP contribution is -2.51. The zero-order chi connectivity index (χ0) is 36.2. The maximum atomic E-state index is 13.3. The number of ether oxygens (including phenoxy) is 4. The predicted octanol–water partition coefficient (Wildman–Crippen LogP) is 4.36. The van der Waals surface area contributed by atoms with Crippen molar-refractivity contribution in [1.29, 1.82) is 0 Å². The highest BCUT2D eigenvalue weighted by molar-refractivity contribution is 6.35. The van der Waals surface area contributed by atoms with Gasteiger partial charge in [0.25, 0.3) is 0 Å². The molecule has 1 aromatic heterocycles. The largest absolute Gasteiger partial charge is 0.496 e. The minimum absolute atomic E-state index is 0.0114. The first kappa shape index (κ1) is 37.0. The molecular weight excluding hydrogens is 666 g/mol. The predicted molar refractivity (Wildman–Crippen MR) is 186 cm³/mol. The Bertz CT molecular complexity index is 1620. The first-order chi connectivity index (χ1) is 23.8. The molecule has 6 rings (SSSR count). The number of anilines is 1. The maximum absolute atomic E-state index is 13.3. The van der Waals surface area contributed by atoms with E-state index in [1.54, 1.807) is 19.3 Å². The third-order valence-corrected chi connectivity index (χ3v) is 10.0. The van der Waals surface area contributed by atoms with E-state index in [0.29, 0.717) is 30.9 Å². The third-order valence-electron chi connectivity index (χ3n) is 9.67. The van der Waals surface area contributed by atoms with Crippen molar-refractivity contribution in [3.63, 3.8) is 0 Å². The quantitative estimate of drug-likeness (QED) is 0.270. The number of nitrogens with zero attached hydrogens (tertiary/aromatic N) is 5. The second-order valence-electron chi connectivity index (χ2n) is 13.8. The van der Waals surface area contributed by atoms with Gasteiger partial charge < -0.3 is 23.8 Å². The molecule has 4 aliphatic rings. The van der Waals surface area contributed by atoms with Crippen molar-refractivity contribution in [3.8, 4) is 17.2 Å². The molecule has 0 unspecified atom stereocenters. The van der Waals surface area contributed by atoms with E-state index in [9.17, 15) is 19.2 Å². The van der Waals surface area contributed by atoms with Crippen LogP contribution in [0.4, 0.5) is 5.95 Å². The van der Waals surface area contributed by atoms with E-state index in [-0.39, 0.29) is 57.3 Å². The van der Waals surface area contributed by atoms with Crippen LogP contribution in [0, 0.1) is 11.3 Å². The van der Waals surface area contributed by atoms with E-state index in [2.05, 4.69) is 19.8 Å². The summed E-state index contributed by atoms with van der Waals surface area (Å²) in [5, 5.41) is 0.179. The lowest BCUT2D eigenvalue weighted by molar-refractivity contribution is -0.152. The molecule has 13 nitrogen and oxygen atoms in total. The number of benzene rings is 1. The highest BCUT2D eigenvalue weighted by atomic mass is 35.5. The monoisotopic (exact) mass is 711 g/mol. The summed E-state index contributed by atoms with van der Waals surface area (Å²) in [6, 6.07) is 3.37. The minimum atomic E-state index is -1.42. The van der Waals surface area contributed by atoms with Crippen molar-refractivity contribution < 1.29 is 38.1 Å². The number of carbonyl (C=O) groups excluding carboxylic acids is 4. The molecule has 1 spiro atoms. The van der Waals surface area contributed by atoms with Gasteiger partial charge in [0.2, 0.25) is 29.1 Å². The van der Waals surface area contributed by atoms with E-state index in [4.69, 9.17) is 30.5 Å². The van der Waals surface area contributed by atoms with Gasteiger partial charge in [0.05, 0.1) is 21.3 Å². The summed E-state index contributed by atoms with van der Waals surface area (Å²) in [4.78, 5) is 64.2. The van der Waals surface area contributed by atoms with Gasteiger partial charge in [-0.05, 0) is 30.9 Å². The van der Waals surface area contributed by atoms with Gasteiger partial charge in [0.15, 0.2) is 17.3 Å². The molecule has 4 heterocycles. The van der Waals surface area contributed by atoms with Gasteiger partial charge in [-0.1, -0.05) is 32.4 Å². The van der Waals surface area contributed by atoms with E-state index < -0.39 is 11.5 Å². The van der Waals surface area contributed by atoms with Gasteiger partial charge in [-0.15, -0.1) is 0 Å². The van der Waals surface area contributed by atoms with Crippen LogP contribution >= 0.6 is 11.6 Å². The minimum Gasteiger partial charge on any atom is -0.496 e. The van der Waals surface area contributed by atoms with Crippen molar-refractivity contribution in [3.05, 3.63) is 46.9 Å². The highest BCUT2D eigenvalue weighted by Crippen LogP contribution is 2.54. The molecule has 2 aromatic rings. The number of imide groups is 1. The summed E-state index contributed by atoms with van der Waals surface area (Å²) in [7, 11) is 4.31. The molecule has 2 saturated heterocycles. The fraction of sp³-hybridized carbons (Fsp3) is 0.556. The Balaban J connectivity index is 0.000000195. The summed E-state index contributed by atoms with van der Waals surface area (Å²) >= 11 is 6.33. The Morgan fingerprint density at radius 3 is 2.12 bits per heavy atom. The number of hydrogen-bond acceptors (Lipinski definition) is 12. The van der Waals surface area contributed by atoms with Crippen LogP contribution in [-0.4, -0.2) is 109 Å². The number of likely N-dealkylation sites (tertiary alicyclic amines) is 1. The average Bonchev–Trinajstić information content (AvgIpc) is 3.40. The van der Waals surface area contributed by atoms with Crippen molar-refractivity contribution in [2.24, 2.45) is 11.3 Å². The maximum Gasteiger partial charge on any atom is 0.231 e. The Morgan fingerprint density at radius 2 is 1.52 bits per heavy atom. The van der Waals surface area contributed by atoms with Crippen LogP contribution < -0.4 is 19.1 Å². The van der Waals surface area contributed by atoms with Crippen LogP contribution in [0.25, 0.3) is 0 Å². The van der Waals surface area contributed by atoms with E-state index in [1.165, 1.54) is 38.4 Å². The lowest BCUT2D eigenvalue weighted by Gasteiger charge is -2.36. The highest BCUT2D eigenvalue weighted by Gasteiger charge is 2.60. The number of allylic oxidation sites excluding steroid dienone is 1. The number of Topliss-reactive ketones (excluding diaryl/α,β-unsaturated/α-hetero) is 1. The third kappa shape index (κ3) is 7.44. The van der Waals surface area contributed by atoms with Gasteiger partial charge in [0.1, 0.15) is 22.1 Å². The van der Waals surface area contributed by atoms with Crippen molar-refractivity contribution in [2.45, 2.75) is 58.5 Å². The molecule has 14 heteroatoms. The number of aromatic nitrogens is 2. The summed E-state index contributed by atoms with van der Waals surface area (Å²) in [6.45, 7) is 11.2. The molecule has 1 aromatic carbocycles. The summed E-state index contributed by atoms with van der Waals surface area (Å²) in [5.41, 5.74) is -1.38. The molecule has 50 heavy (non-hydrogen) atoms. The fourth-order valence-electron chi connectivity index (χ4n) is 6.99. The Hall–Kier alpha value is -4.23. The molecule has 0 radical (unpaired) electrons. The molecule has 0 saturated carbocycles. The number of piperidine rings is 1. The van der Waals surface area contributed by atoms with Crippen LogP contribution in [0.5, 0.6) is 17.2 Å². The van der Waals surface area contributed by atoms with Crippen molar-refractivity contribution in [1.82, 2.24) is 19.8 Å². The van der Waals surface area contributed by atoms with Crippen LogP contribution in [-0.2, 0) is 19.1 Å². The van der Waals surface area contributed by atoms with E-state index in [0.717, 1.165) is 51.5 Å². The lowest BCUT2D eigenvalue weighted by atomic mass is 9.75. The van der Waals surface area contributed by atoms with Crippen molar-refractivity contribution >= 4 is 40.9 Å². The molecule has 3 aliphatic heterocycles. The second-order valence-corrected chi connectivity index (χ2v) is 14.2. The Labute approximate surface area is 297 Å². The molecule has 2 amide bonds. The Morgan fingerprint density at radius 1 is 0.900 bits per heavy atom. The van der Waals surface area contributed by atoms with Crippen LogP contribution in [0.1, 0.15) is 63.2 Å². The molecule has 0 N–H and O–H groups in total. The first-order valence-corrected chi connectivity index (χ1v) is 17.3. The topological polar surface area (TPSA) is 141 Å². The van der Waals surface area contributed by atoms with Gasteiger partial charge in [0, 0.05) is 82.4 Å². The second kappa shape index (κ2) is 15.3.